The van der Waals surface area contributed by atoms with E-state index in [0.29, 0.717) is 12.2 Å². The van der Waals surface area contributed by atoms with Crippen LogP contribution in [0.15, 0.2) is 48.5 Å². The van der Waals surface area contributed by atoms with E-state index in [2.05, 4.69) is 11.4 Å². The highest BCUT2D eigenvalue weighted by atomic mass is 16.5. The lowest BCUT2D eigenvalue weighted by molar-refractivity contribution is -0.123. The number of carbonyl (C=O) groups is 1. The van der Waals surface area contributed by atoms with E-state index in [1.807, 2.05) is 49.4 Å². The fraction of sp³-hybridized carbons (Fsp3) is 0.300. The molecule has 2 atom stereocenters. The van der Waals surface area contributed by atoms with Crippen LogP contribution in [0.4, 0.5) is 0 Å². The maximum atomic E-state index is 11.5. The van der Waals surface area contributed by atoms with Crippen molar-refractivity contribution in [3.8, 4) is 11.8 Å². The van der Waals surface area contributed by atoms with Gasteiger partial charge in [-0.05, 0) is 43.5 Å². The first kappa shape index (κ1) is 17.0. The Kier molecular flexibility index (Phi) is 4.73. The molecule has 0 spiro atoms. The topological polar surface area (TPSA) is 88.1 Å². The fourth-order valence-corrected chi connectivity index (χ4v) is 3.12. The van der Waals surface area contributed by atoms with Gasteiger partial charge in [0.15, 0.2) is 0 Å². The molecule has 128 valence electrons. The molecule has 1 fully saturated rings. The van der Waals surface area contributed by atoms with E-state index < -0.39 is 5.54 Å². The molecule has 1 aliphatic heterocycles. The third-order valence-electron chi connectivity index (χ3n) is 4.78. The molecule has 0 unspecified atom stereocenters. The lowest BCUT2D eigenvalue weighted by atomic mass is 9.99. The zero-order chi connectivity index (χ0) is 17.9. The highest BCUT2D eigenvalue weighted by Gasteiger charge is 2.39. The SMILES string of the molecule is C[C@@]1(C(N)=O)CC[C@H](c2ccc(OCc3ccccc3C#N)cc2)N1. The van der Waals surface area contributed by atoms with Gasteiger partial charge in [0.1, 0.15) is 12.4 Å². The molecule has 3 N–H and O–H groups in total. The highest BCUT2D eigenvalue weighted by molar-refractivity contribution is 5.84. The van der Waals surface area contributed by atoms with Gasteiger partial charge in [0, 0.05) is 11.6 Å². The molecule has 0 aromatic heterocycles. The lowest BCUT2D eigenvalue weighted by Crippen LogP contribution is -2.49. The first-order chi connectivity index (χ1) is 12.0. The van der Waals surface area contributed by atoms with E-state index in [-0.39, 0.29) is 11.9 Å². The maximum Gasteiger partial charge on any atom is 0.237 e. The summed E-state index contributed by atoms with van der Waals surface area (Å²) in [7, 11) is 0. The highest BCUT2D eigenvalue weighted by Crippen LogP contribution is 2.33. The minimum atomic E-state index is -0.638. The van der Waals surface area contributed by atoms with E-state index in [0.717, 1.165) is 29.7 Å². The molecular formula is C20H21N3O2. The van der Waals surface area contributed by atoms with Crippen molar-refractivity contribution in [1.29, 1.82) is 5.26 Å². The molecule has 0 saturated carbocycles. The van der Waals surface area contributed by atoms with Crippen molar-refractivity contribution >= 4 is 5.91 Å². The van der Waals surface area contributed by atoms with Crippen LogP contribution >= 0.6 is 0 Å². The van der Waals surface area contributed by atoms with Gasteiger partial charge in [0.05, 0.1) is 17.2 Å². The molecule has 0 bridgehead atoms. The van der Waals surface area contributed by atoms with Crippen molar-refractivity contribution in [3.63, 3.8) is 0 Å². The van der Waals surface area contributed by atoms with Crippen LogP contribution in [0, 0.1) is 11.3 Å². The number of nitriles is 1. The molecule has 1 amide bonds. The third-order valence-corrected chi connectivity index (χ3v) is 4.78. The number of hydrogen-bond donors (Lipinski definition) is 2. The van der Waals surface area contributed by atoms with Gasteiger partial charge in [0.2, 0.25) is 5.91 Å². The average molecular weight is 335 g/mol. The van der Waals surface area contributed by atoms with Crippen LogP contribution < -0.4 is 15.8 Å². The van der Waals surface area contributed by atoms with Gasteiger partial charge < -0.3 is 10.5 Å². The van der Waals surface area contributed by atoms with Gasteiger partial charge >= 0.3 is 0 Å². The first-order valence-corrected chi connectivity index (χ1v) is 8.30. The molecular weight excluding hydrogens is 314 g/mol. The number of nitrogens with one attached hydrogen (secondary N) is 1. The van der Waals surface area contributed by atoms with Crippen LogP contribution in [0.2, 0.25) is 0 Å². The Morgan fingerprint density at radius 2 is 2.04 bits per heavy atom. The minimum Gasteiger partial charge on any atom is -0.489 e. The van der Waals surface area contributed by atoms with E-state index in [1.165, 1.54) is 0 Å². The normalized spacial score (nSPS) is 22.3. The molecule has 5 nitrogen and oxygen atoms in total. The average Bonchev–Trinajstić information content (AvgIpc) is 3.04. The molecule has 0 radical (unpaired) electrons. The van der Waals surface area contributed by atoms with Crippen LogP contribution in [0.5, 0.6) is 5.75 Å². The zero-order valence-electron chi connectivity index (χ0n) is 14.2. The number of amides is 1. The van der Waals surface area contributed by atoms with Gasteiger partial charge in [-0.25, -0.2) is 0 Å². The Bertz CT molecular complexity index is 810. The number of carbonyl (C=O) groups excluding carboxylic acids is 1. The second kappa shape index (κ2) is 6.96. The van der Waals surface area contributed by atoms with Crippen LogP contribution in [0.25, 0.3) is 0 Å². The monoisotopic (exact) mass is 335 g/mol. The van der Waals surface area contributed by atoms with Gasteiger partial charge in [-0.3, -0.25) is 10.1 Å². The maximum absolute atomic E-state index is 11.5. The number of primary amides is 1. The summed E-state index contributed by atoms with van der Waals surface area (Å²) in [6, 6.07) is 17.5. The third kappa shape index (κ3) is 3.65. The number of benzene rings is 2. The lowest BCUT2D eigenvalue weighted by Gasteiger charge is -2.22. The standard InChI is InChI=1S/C20H21N3O2/c1-20(19(22)24)11-10-18(23-20)14-6-8-17(9-7-14)25-13-16-5-3-2-4-15(16)12-21/h2-9,18,23H,10-11,13H2,1H3,(H2,22,24)/t18-,20+/m1/s1. The van der Waals surface area contributed by atoms with E-state index in [1.54, 1.807) is 6.07 Å². The van der Waals surface area contributed by atoms with Crippen LogP contribution in [0.1, 0.15) is 42.5 Å². The van der Waals surface area contributed by atoms with Gasteiger partial charge in [0.25, 0.3) is 0 Å². The van der Waals surface area contributed by atoms with Crippen molar-refractivity contribution in [2.24, 2.45) is 5.73 Å². The number of rotatable bonds is 5. The Balaban J connectivity index is 1.63. The van der Waals surface area contributed by atoms with Crippen molar-refractivity contribution in [2.75, 3.05) is 0 Å². The van der Waals surface area contributed by atoms with Crippen molar-refractivity contribution in [1.82, 2.24) is 5.32 Å². The van der Waals surface area contributed by atoms with E-state index in [9.17, 15) is 4.79 Å². The van der Waals surface area contributed by atoms with Crippen molar-refractivity contribution in [3.05, 3.63) is 65.2 Å². The van der Waals surface area contributed by atoms with Crippen molar-refractivity contribution in [2.45, 2.75) is 38.0 Å². The molecule has 2 aromatic carbocycles. The molecule has 1 saturated heterocycles. The number of nitrogens with zero attached hydrogens (tertiary/aromatic N) is 1. The summed E-state index contributed by atoms with van der Waals surface area (Å²) in [5.41, 5.74) is 7.43. The van der Waals surface area contributed by atoms with Gasteiger partial charge in [-0.15, -0.1) is 0 Å². The van der Waals surface area contributed by atoms with Gasteiger partial charge in [-0.1, -0.05) is 30.3 Å². The predicted octanol–water partition coefficient (Wildman–Crippen LogP) is 2.81. The summed E-state index contributed by atoms with van der Waals surface area (Å²) in [6.07, 6.45) is 1.60. The van der Waals surface area contributed by atoms with Crippen LogP contribution in [-0.2, 0) is 11.4 Å². The summed E-state index contributed by atoms with van der Waals surface area (Å²) < 4.78 is 5.79. The summed E-state index contributed by atoms with van der Waals surface area (Å²) in [4.78, 5) is 11.5. The molecule has 5 heteroatoms. The molecule has 1 heterocycles. The largest absolute Gasteiger partial charge is 0.489 e. The second-order valence-electron chi connectivity index (χ2n) is 6.56. The molecule has 3 rings (SSSR count). The predicted molar refractivity (Wildman–Crippen MR) is 94.6 cm³/mol. The summed E-state index contributed by atoms with van der Waals surface area (Å²) >= 11 is 0. The Hall–Kier alpha value is -2.84. The summed E-state index contributed by atoms with van der Waals surface area (Å²) in [5.74, 6) is 0.429. The molecule has 1 aliphatic rings. The van der Waals surface area contributed by atoms with Crippen LogP contribution in [-0.4, -0.2) is 11.4 Å². The quantitative estimate of drug-likeness (QED) is 0.879. The Morgan fingerprint density at radius 1 is 1.32 bits per heavy atom. The van der Waals surface area contributed by atoms with Crippen molar-refractivity contribution < 1.29 is 9.53 Å². The molecule has 0 aliphatic carbocycles. The minimum absolute atomic E-state index is 0.117. The Morgan fingerprint density at radius 3 is 2.68 bits per heavy atom. The summed E-state index contributed by atoms with van der Waals surface area (Å²) in [6.45, 7) is 2.20. The fourth-order valence-electron chi connectivity index (χ4n) is 3.12. The molecule has 2 aromatic rings. The summed E-state index contributed by atoms with van der Waals surface area (Å²) in [5, 5.41) is 12.4. The first-order valence-electron chi connectivity index (χ1n) is 8.30. The van der Waals surface area contributed by atoms with E-state index in [4.69, 9.17) is 15.7 Å². The number of ether oxygens (including phenoxy) is 1. The van der Waals surface area contributed by atoms with E-state index >= 15 is 0 Å². The number of nitrogens with two attached hydrogens (primary N) is 1. The smallest absolute Gasteiger partial charge is 0.237 e. The second-order valence-corrected chi connectivity index (χ2v) is 6.56. The van der Waals surface area contributed by atoms with Gasteiger partial charge in [-0.2, -0.15) is 5.26 Å². The van der Waals surface area contributed by atoms with Crippen LogP contribution in [0.3, 0.4) is 0 Å². The molecule has 25 heavy (non-hydrogen) atoms. The number of hydrogen-bond acceptors (Lipinski definition) is 4. The Labute approximate surface area is 147 Å². The zero-order valence-corrected chi connectivity index (χ0v) is 14.2.